The zero-order chi connectivity index (χ0) is 14.7. The van der Waals surface area contributed by atoms with Crippen LogP contribution >= 0.6 is 12.6 Å². The van der Waals surface area contributed by atoms with Gasteiger partial charge in [0, 0.05) is 4.90 Å². The van der Waals surface area contributed by atoms with E-state index in [1.807, 2.05) is 36.4 Å². The molecule has 0 N–H and O–H groups in total. The van der Waals surface area contributed by atoms with E-state index in [0.29, 0.717) is 5.56 Å². The minimum absolute atomic E-state index is 0.683. The van der Waals surface area contributed by atoms with E-state index in [9.17, 15) is 0 Å². The van der Waals surface area contributed by atoms with Gasteiger partial charge in [-0.1, -0.05) is 48.5 Å². The van der Waals surface area contributed by atoms with Gasteiger partial charge >= 0.3 is 0 Å². The lowest BCUT2D eigenvalue weighted by Crippen LogP contribution is -1.81. The molecule has 0 aliphatic rings. The molecule has 0 aliphatic heterocycles. The predicted molar refractivity (Wildman–Crippen MR) is 89.3 cm³/mol. The standard InChI is InChI=1S/C19H13NS/c20-13-14-1-3-15(4-2-14)16-5-7-17(8-6-16)18-9-11-19(21)12-10-18/h1-12,21H. The molecule has 21 heavy (non-hydrogen) atoms. The number of nitrogens with zero attached hydrogens (tertiary/aromatic N) is 1. The lowest BCUT2D eigenvalue weighted by atomic mass is 10.00. The van der Waals surface area contributed by atoms with Gasteiger partial charge in [0.05, 0.1) is 11.6 Å². The second kappa shape index (κ2) is 5.87. The van der Waals surface area contributed by atoms with Crippen LogP contribution in [0.3, 0.4) is 0 Å². The predicted octanol–water partition coefficient (Wildman–Crippen LogP) is 5.18. The van der Waals surface area contributed by atoms with Crippen molar-refractivity contribution in [3.8, 4) is 28.3 Å². The fourth-order valence-corrected chi connectivity index (χ4v) is 2.40. The molecule has 3 aromatic carbocycles. The van der Waals surface area contributed by atoms with E-state index >= 15 is 0 Å². The van der Waals surface area contributed by atoms with Crippen LogP contribution in [0.15, 0.2) is 77.7 Å². The maximum Gasteiger partial charge on any atom is 0.0991 e. The Kier molecular flexibility index (Phi) is 3.77. The van der Waals surface area contributed by atoms with Crippen molar-refractivity contribution in [3.63, 3.8) is 0 Å². The molecule has 0 radical (unpaired) electrons. The van der Waals surface area contributed by atoms with Crippen LogP contribution < -0.4 is 0 Å². The third kappa shape index (κ3) is 2.99. The summed E-state index contributed by atoms with van der Waals surface area (Å²) in [5.74, 6) is 0. The van der Waals surface area contributed by atoms with E-state index in [2.05, 4.69) is 55.1 Å². The van der Waals surface area contributed by atoms with Gasteiger partial charge in [-0.2, -0.15) is 5.26 Å². The van der Waals surface area contributed by atoms with Gasteiger partial charge in [-0.15, -0.1) is 12.6 Å². The van der Waals surface area contributed by atoms with Gasteiger partial charge in [-0.05, 0) is 46.5 Å². The first-order valence-electron chi connectivity index (χ1n) is 6.66. The average Bonchev–Trinajstić information content (AvgIpc) is 2.56. The second-order valence-corrected chi connectivity index (χ2v) is 5.33. The quantitative estimate of drug-likeness (QED) is 0.645. The number of hydrogen-bond acceptors (Lipinski definition) is 2. The van der Waals surface area contributed by atoms with Crippen LogP contribution in [0.4, 0.5) is 0 Å². The Morgan fingerprint density at radius 1 is 0.571 bits per heavy atom. The van der Waals surface area contributed by atoms with E-state index in [0.717, 1.165) is 16.0 Å². The summed E-state index contributed by atoms with van der Waals surface area (Å²) in [6.07, 6.45) is 0. The number of thiol groups is 1. The fraction of sp³-hybridized carbons (Fsp3) is 0. The number of hydrogen-bond donors (Lipinski definition) is 1. The SMILES string of the molecule is N#Cc1ccc(-c2ccc(-c3ccc(S)cc3)cc2)cc1. The normalized spacial score (nSPS) is 10.1. The Hall–Kier alpha value is -2.50. The average molecular weight is 287 g/mol. The van der Waals surface area contributed by atoms with Crippen LogP contribution in [-0.2, 0) is 0 Å². The van der Waals surface area contributed by atoms with Crippen molar-refractivity contribution in [2.24, 2.45) is 0 Å². The zero-order valence-corrected chi connectivity index (χ0v) is 12.2. The number of benzene rings is 3. The largest absolute Gasteiger partial charge is 0.192 e. The van der Waals surface area contributed by atoms with Crippen molar-refractivity contribution >= 4 is 12.6 Å². The molecule has 3 rings (SSSR count). The van der Waals surface area contributed by atoms with Gasteiger partial charge < -0.3 is 0 Å². The molecule has 0 heterocycles. The Labute approximate surface area is 129 Å². The summed E-state index contributed by atoms with van der Waals surface area (Å²) in [4.78, 5) is 0.966. The molecule has 0 aliphatic carbocycles. The molecule has 0 amide bonds. The van der Waals surface area contributed by atoms with Crippen LogP contribution in [0.1, 0.15) is 5.56 Å². The van der Waals surface area contributed by atoms with Crippen LogP contribution in [0.25, 0.3) is 22.3 Å². The van der Waals surface area contributed by atoms with Gasteiger partial charge in [0.1, 0.15) is 0 Å². The van der Waals surface area contributed by atoms with Crippen molar-refractivity contribution in [2.45, 2.75) is 4.90 Å². The molecule has 0 saturated heterocycles. The first-order chi connectivity index (χ1) is 10.3. The Morgan fingerprint density at radius 3 is 1.29 bits per heavy atom. The molecule has 0 atom stereocenters. The maximum absolute atomic E-state index is 8.83. The molecule has 0 spiro atoms. The molecule has 3 aromatic rings. The third-order valence-electron chi connectivity index (χ3n) is 3.43. The molecule has 0 bridgehead atoms. The summed E-state index contributed by atoms with van der Waals surface area (Å²) in [5, 5.41) is 8.83. The van der Waals surface area contributed by atoms with Crippen molar-refractivity contribution in [1.29, 1.82) is 5.26 Å². The number of rotatable bonds is 2. The lowest BCUT2D eigenvalue weighted by Gasteiger charge is -2.05. The first-order valence-corrected chi connectivity index (χ1v) is 7.11. The highest BCUT2D eigenvalue weighted by Gasteiger charge is 2.00. The van der Waals surface area contributed by atoms with Crippen molar-refractivity contribution in [1.82, 2.24) is 0 Å². The highest BCUT2D eigenvalue weighted by molar-refractivity contribution is 7.80. The smallest absolute Gasteiger partial charge is 0.0991 e. The van der Waals surface area contributed by atoms with E-state index in [4.69, 9.17) is 5.26 Å². The minimum atomic E-state index is 0.683. The highest BCUT2D eigenvalue weighted by atomic mass is 32.1. The summed E-state index contributed by atoms with van der Waals surface area (Å²) < 4.78 is 0. The molecular formula is C19H13NS. The Bertz CT molecular complexity index is 779. The van der Waals surface area contributed by atoms with Crippen molar-refractivity contribution in [3.05, 3.63) is 78.4 Å². The van der Waals surface area contributed by atoms with Gasteiger partial charge in [0.2, 0.25) is 0 Å². The van der Waals surface area contributed by atoms with Crippen molar-refractivity contribution in [2.75, 3.05) is 0 Å². The van der Waals surface area contributed by atoms with Gasteiger partial charge in [0.25, 0.3) is 0 Å². The molecule has 1 nitrogen and oxygen atoms in total. The summed E-state index contributed by atoms with van der Waals surface area (Å²) in [7, 11) is 0. The summed E-state index contributed by atoms with van der Waals surface area (Å²) in [6.45, 7) is 0. The van der Waals surface area contributed by atoms with Crippen LogP contribution in [0.2, 0.25) is 0 Å². The van der Waals surface area contributed by atoms with Crippen LogP contribution in [0, 0.1) is 11.3 Å². The van der Waals surface area contributed by atoms with Gasteiger partial charge in [0.15, 0.2) is 0 Å². The van der Waals surface area contributed by atoms with E-state index in [1.54, 1.807) is 0 Å². The number of nitriles is 1. The molecule has 0 fully saturated rings. The highest BCUT2D eigenvalue weighted by Crippen LogP contribution is 2.25. The summed E-state index contributed by atoms with van der Waals surface area (Å²) in [5.41, 5.74) is 5.31. The third-order valence-corrected chi connectivity index (χ3v) is 3.73. The van der Waals surface area contributed by atoms with Crippen molar-refractivity contribution < 1.29 is 0 Å². The topological polar surface area (TPSA) is 23.8 Å². The molecular weight excluding hydrogens is 274 g/mol. The fourth-order valence-electron chi connectivity index (χ4n) is 2.25. The summed E-state index contributed by atoms with van der Waals surface area (Å²) in [6, 6.07) is 26.3. The summed E-state index contributed by atoms with van der Waals surface area (Å²) >= 11 is 4.30. The van der Waals surface area contributed by atoms with Crippen LogP contribution in [0.5, 0.6) is 0 Å². The van der Waals surface area contributed by atoms with E-state index in [1.165, 1.54) is 11.1 Å². The zero-order valence-electron chi connectivity index (χ0n) is 11.3. The van der Waals surface area contributed by atoms with E-state index < -0.39 is 0 Å². The van der Waals surface area contributed by atoms with Crippen LogP contribution in [-0.4, -0.2) is 0 Å². The van der Waals surface area contributed by atoms with E-state index in [-0.39, 0.29) is 0 Å². The van der Waals surface area contributed by atoms with Gasteiger partial charge in [-0.3, -0.25) is 0 Å². The molecule has 0 saturated carbocycles. The Morgan fingerprint density at radius 2 is 0.905 bits per heavy atom. The second-order valence-electron chi connectivity index (χ2n) is 4.81. The monoisotopic (exact) mass is 287 g/mol. The minimum Gasteiger partial charge on any atom is -0.192 e. The van der Waals surface area contributed by atoms with Gasteiger partial charge in [-0.25, -0.2) is 0 Å². The molecule has 0 unspecified atom stereocenters. The lowest BCUT2D eigenvalue weighted by molar-refractivity contribution is 1.47. The first kappa shape index (κ1) is 13.5. The molecule has 0 aromatic heterocycles. The molecule has 2 heteroatoms. The maximum atomic E-state index is 8.83. The Balaban J connectivity index is 1.89. The molecule has 100 valence electrons.